The van der Waals surface area contributed by atoms with E-state index in [1.165, 1.54) is 11.3 Å². The van der Waals surface area contributed by atoms with E-state index in [0.717, 1.165) is 41.1 Å². The van der Waals surface area contributed by atoms with E-state index in [2.05, 4.69) is 23.7 Å². The number of carbonyl (C=O) groups excluding carboxylic acids is 2. The molecule has 0 bridgehead atoms. The second kappa shape index (κ2) is 14.0. The summed E-state index contributed by atoms with van der Waals surface area (Å²) in [4.78, 5) is 53.3. The smallest absolute Gasteiger partial charge is 0.264 e. The molecule has 0 atom stereocenters. The van der Waals surface area contributed by atoms with Gasteiger partial charge in [-0.3, -0.25) is 23.9 Å². The number of nitrogens with zero attached hydrogens (tertiary/aromatic N) is 5. The normalized spacial score (nSPS) is 14.8. The number of anilines is 1. The van der Waals surface area contributed by atoms with Gasteiger partial charge in [-0.2, -0.15) is 0 Å². The first kappa shape index (κ1) is 32.4. The molecule has 10 heteroatoms. The van der Waals surface area contributed by atoms with Gasteiger partial charge >= 0.3 is 0 Å². The summed E-state index contributed by atoms with van der Waals surface area (Å²) in [5.41, 5.74) is 4.26. The highest BCUT2D eigenvalue weighted by Crippen LogP contribution is 2.32. The minimum atomic E-state index is -0.121. The molecule has 0 spiro atoms. The standard InChI is InChI=1S/C35H43N5O4S/c1-7-37-22-36-33-30(34(37)42)25(5)32(45-33)35(43)39-19-18-38(23(2)3)16-9-17-40(31-24(4)10-8-11-27(31)21-39)29(41)20-26-12-14-28(44-6)15-13-26/h8,10-15,22-23H,7,9,16-21H2,1-6H3. The van der Waals surface area contributed by atoms with Crippen molar-refractivity contribution in [3.8, 4) is 5.75 Å². The maximum atomic E-state index is 14.4. The Morgan fingerprint density at radius 1 is 1.02 bits per heavy atom. The Bertz CT molecular complexity index is 1740. The van der Waals surface area contributed by atoms with E-state index >= 15 is 0 Å². The molecule has 2 aromatic heterocycles. The van der Waals surface area contributed by atoms with Gasteiger partial charge in [-0.1, -0.05) is 30.3 Å². The highest BCUT2D eigenvalue weighted by molar-refractivity contribution is 7.20. The first-order valence-electron chi connectivity index (χ1n) is 15.7. The monoisotopic (exact) mass is 629 g/mol. The van der Waals surface area contributed by atoms with E-state index in [4.69, 9.17) is 4.74 Å². The van der Waals surface area contributed by atoms with Gasteiger partial charge in [-0.25, -0.2) is 4.98 Å². The Hall–Kier alpha value is -4.02. The van der Waals surface area contributed by atoms with Gasteiger partial charge in [0.05, 0.1) is 35.8 Å². The third-order valence-electron chi connectivity index (χ3n) is 8.72. The number of ether oxygens (including phenoxy) is 1. The highest BCUT2D eigenvalue weighted by atomic mass is 32.1. The largest absolute Gasteiger partial charge is 0.497 e. The minimum absolute atomic E-state index is 0.0163. The van der Waals surface area contributed by atoms with Crippen LogP contribution in [0.5, 0.6) is 5.75 Å². The van der Waals surface area contributed by atoms with Crippen LogP contribution < -0.4 is 15.2 Å². The van der Waals surface area contributed by atoms with Crippen molar-refractivity contribution >= 4 is 39.1 Å². The summed E-state index contributed by atoms with van der Waals surface area (Å²) in [6, 6.07) is 13.9. The van der Waals surface area contributed by atoms with Crippen LogP contribution in [-0.2, 0) is 24.3 Å². The number of hydrogen-bond donors (Lipinski definition) is 0. The number of methoxy groups -OCH3 is 1. The van der Waals surface area contributed by atoms with Crippen molar-refractivity contribution in [2.75, 3.05) is 38.2 Å². The summed E-state index contributed by atoms with van der Waals surface area (Å²) >= 11 is 1.28. The highest BCUT2D eigenvalue weighted by Gasteiger charge is 2.28. The predicted molar refractivity (Wildman–Crippen MR) is 181 cm³/mol. The van der Waals surface area contributed by atoms with Crippen LogP contribution in [0.1, 0.15) is 59.1 Å². The van der Waals surface area contributed by atoms with Crippen LogP contribution in [0.2, 0.25) is 0 Å². The zero-order chi connectivity index (χ0) is 32.2. The average Bonchev–Trinajstić information content (AvgIpc) is 3.35. The predicted octanol–water partition coefficient (Wildman–Crippen LogP) is 5.44. The molecular weight excluding hydrogens is 586 g/mol. The average molecular weight is 630 g/mol. The molecule has 0 unspecified atom stereocenters. The second-order valence-electron chi connectivity index (χ2n) is 11.9. The summed E-state index contributed by atoms with van der Waals surface area (Å²) in [6.07, 6.45) is 2.62. The summed E-state index contributed by atoms with van der Waals surface area (Å²) in [6.45, 7) is 13.6. The van der Waals surface area contributed by atoms with Crippen LogP contribution in [0.25, 0.3) is 10.2 Å². The zero-order valence-electron chi connectivity index (χ0n) is 27.1. The number of fused-ring (bicyclic) bond motifs is 2. The minimum Gasteiger partial charge on any atom is -0.497 e. The van der Waals surface area contributed by atoms with Crippen molar-refractivity contribution < 1.29 is 14.3 Å². The first-order valence-corrected chi connectivity index (χ1v) is 16.5. The van der Waals surface area contributed by atoms with Crippen LogP contribution in [0.3, 0.4) is 0 Å². The van der Waals surface area contributed by atoms with Crippen molar-refractivity contribution in [3.05, 3.63) is 86.3 Å². The quantitative estimate of drug-likeness (QED) is 0.283. The molecule has 0 fully saturated rings. The third-order valence-corrected chi connectivity index (χ3v) is 9.91. The Kier molecular flexibility index (Phi) is 10.0. The number of aromatic nitrogens is 2. The van der Waals surface area contributed by atoms with E-state index < -0.39 is 0 Å². The number of rotatable bonds is 6. The van der Waals surface area contributed by atoms with Crippen LogP contribution in [0, 0.1) is 13.8 Å². The molecule has 0 radical (unpaired) electrons. The van der Waals surface area contributed by atoms with Gasteiger partial charge in [0.15, 0.2) is 0 Å². The fourth-order valence-electron chi connectivity index (χ4n) is 6.11. The SMILES string of the molecule is CCn1cnc2sc(C(=O)N3CCN(C(C)C)CCCN(C(=O)Cc4ccc(OC)cc4)c4c(C)cccc4C3)c(C)c2c1=O. The molecule has 5 rings (SSSR count). The number of para-hydroxylation sites is 1. The molecule has 0 saturated carbocycles. The molecule has 0 aliphatic carbocycles. The molecule has 0 N–H and O–H groups in total. The van der Waals surface area contributed by atoms with Gasteiger partial charge in [0.1, 0.15) is 10.6 Å². The van der Waals surface area contributed by atoms with Crippen LogP contribution in [0.15, 0.2) is 53.6 Å². The molecule has 238 valence electrons. The van der Waals surface area contributed by atoms with Crippen LogP contribution in [-0.4, -0.2) is 70.5 Å². The van der Waals surface area contributed by atoms with E-state index in [9.17, 15) is 14.4 Å². The lowest BCUT2D eigenvalue weighted by atomic mass is 10.0. The molecule has 0 saturated heterocycles. The van der Waals surface area contributed by atoms with E-state index in [1.807, 2.05) is 73.0 Å². The Morgan fingerprint density at radius 3 is 2.47 bits per heavy atom. The molecule has 1 aliphatic heterocycles. The lowest BCUT2D eigenvalue weighted by Gasteiger charge is -2.30. The van der Waals surface area contributed by atoms with Crippen molar-refractivity contribution in [3.63, 3.8) is 0 Å². The van der Waals surface area contributed by atoms with Gasteiger partial charge in [-0.15, -0.1) is 11.3 Å². The number of carbonyl (C=O) groups is 2. The van der Waals surface area contributed by atoms with Crippen molar-refractivity contribution in [2.24, 2.45) is 0 Å². The maximum absolute atomic E-state index is 14.4. The van der Waals surface area contributed by atoms with Crippen LogP contribution >= 0.6 is 11.3 Å². The Labute approximate surface area is 269 Å². The summed E-state index contributed by atoms with van der Waals surface area (Å²) < 4.78 is 6.87. The molecule has 1 aliphatic rings. The van der Waals surface area contributed by atoms with Crippen LogP contribution in [0.4, 0.5) is 5.69 Å². The fourth-order valence-corrected chi connectivity index (χ4v) is 7.21. The first-order chi connectivity index (χ1) is 21.6. The van der Waals surface area contributed by atoms with Gasteiger partial charge < -0.3 is 14.5 Å². The number of benzene rings is 2. The molecule has 9 nitrogen and oxygen atoms in total. The third kappa shape index (κ3) is 6.82. The fraction of sp³-hybridized carbons (Fsp3) is 0.429. The molecule has 4 aromatic rings. The van der Waals surface area contributed by atoms with Crippen molar-refractivity contribution in [1.29, 1.82) is 0 Å². The van der Waals surface area contributed by atoms with E-state index in [1.54, 1.807) is 18.0 Å². The topological polar surface area (TPSA) is 88.0 Å². The lowest BCUT2D eigenvalue weighted by molar-refractivity contribution is -0.118. The molecule has 2 amide bonds. The van der Waals surface area contributed by atoms with Crippen molar-refractivity contribution in [1.82, 2.24) is 19.4 Å². The van der Waals surface area contributed by atoms with E-state index in [0.29, 0.717) is 53.4 Å². The Morgan fingerprint density at radius 2 is 1.78 bits per heavy atom. The van der Waals surface area contributed by atoms with Gasteiger partial charge in [-0.05, 0) is 75.4 Å². The maximum Gasteiger partial charge on any atom is 0.264 e. The van der Waals surface area contributed by atoms with Gasteiger partial charge in [0.2, 0.25) is 5.91 Å². The molecule has 3 heterocycles. The number of aryl methyl sites for hydroxylation is 3. The summed E-state index contributed by atoms with van der Waals surface area (Å²) in [7, 11) is 1.63. The lowest BCUT2D eigenvalue weighted by Crippen LogP contribution is -2.41. The van der Waals surface area contributed by atoms with Gasteiger partial charge in [0, 0.05) is 45.3 Å². The second-order valence-corrected chi connectivity index (χ2v) is 12.9. The number of hydrogen-bond acceptors (Lipinski definition) is 7. The van der Waals surface area contributed by atoms with Gasteiger partial charge in [0.25, 0.3) is 11.5 Å². The zero-order valence-corrected chi connectivity index (χ0v) is 27.9. The van der Waals surface area contributed by atoms with Crippen molar-refractivity contribution in [2.45, 2.75) is 66.6 Å². The molecule has 45 heavy (non-hydrogen) atoms. The Balaban J connectivity index is 1.54. The number of thiophene rings is 1. The van der Waals surface area contributed by atoms with E-state index in [-0.39, 0.29) is 29.8 Å². The number of amides is 2. The molecular formula is C35H43N5O4S. The molecule has 2 aromatic carbocycles. The summed E-state index contributed by atoms with van der Waals surface area (Å²) in [5.74, 6) is 0.647. The summed E-state index contributed by atoms with van der Waals surface area (Å²) in [5, 5.41) is 0.515.